The summed E-state index contributed by atoms with van der Waals surface area (Å²) in [5, 5.41) is 4.50. The van der Waals surface area contributed by atoms with Gasteiger partial charge in [0.1, 0.15) is 23.0 Å². The molecule has 10 nitrogen and oxygen atoms in total. The van der Waals surface area contributed by atoms with Crippen LogP contribution >= 0.6 is 22.9 Å². The number of halogens is 2. The molecule has 0 radical (unpaired) electrons. The molecular weight excluding hydrogens is 597 g/mol. The molecule has 1 amide bonds. The summed E-state index contributed by atoms with van der Waals surface area (Å²) < 4.78 is 37.8. The topological polar surface area (TPSA) is 118 Å². The maximum atomic E-state index is 15.1. The van der Waals surface area contributed by atoms with Crippen LogP contribution in [-0.4, -0.2) is 52.0 Å². The minimum atomic E-state index is -0.731. The number of ether oxygens (including phenoxy) is 4. The molecule has 2 atom stereocenters. The lowest BCUT2D eigenvalue weighted by Gasteiger charge is -2.22. The summed E-state index contributed by atoms with van der Waals surface area (Å²) >= 11 is 7.75. The number of methoxy groups -OCH3 is 1. The number of rotatable bonds is 10. The largest absolute Gasteiger partial charge is 0.495 e. The Kier molecular flexibility index (Phi) is 9.07. The van der Waals surface area contributed by atoms with E-state index in [0.717, 1.165) is 10.9 Å². The molecule has 0 saturated carbocycles. The molecule has 0 aliphatic carbocycles. The molecule has 0 unspecified atom stereocenters. The summed E-state index contributed by atoms with van der Waals surface area (Å²) in [6.45, 7) is 7.84. The minimum absolute atomic E-state index is 0.00950. The van der Waals surface area contributed by atoms with E-state index in [2.05, 4.69) is 25.3 Å². The highest BCUT2D eigenvalue weighted by Crippen LogP contribution is 2.38. The van der Waals surface area contributed by atoms with E-state index in [4.69, 9.17) is 30.5 Å². The number of hydrogen-bond acceptors (Lipinski definition) is 10. The van der Waals surface area contributed by atoms with Gasteiger partial charge in [-0.1, -0.05) is 25.4 Å². The van der Waals surface area contributed by atoms with Crippen LogP contribution < -0.4 is 19.5 Å². The van der Waals surface area contributed by atoms with Gasteiger partial charge in [-0.2, -0.15) is 0 Å². The van der Waals surface area contributed by atoms with Gasteiger partial charge < -0.3 is 18.9 Å². The van der Waals surface area contributed by atoms with Crippen LogP contribution in [-0.2, 0) is 4.74 Å². The van der Waals surface area contributed by atoms with Crippen molar-refractivity contribution >= 4 is 55.8 Å². The number of carbonyl (C=O) groups excluding carboxylic acids is 1. The summed E-state index contributed by atoms with van der Waals surface area (Å²) in [6.07, 6.45) is 2.33. The lowest BCUT2D eigenvalue weighted by molar-refractivity contribution is 0.0402. The number of fused-ring (bicyclic) bond motifs is 2. The first-order chi connectivity index (χ1) is 20.6. The number of amides is 1. The van der Waals surface area contributed by atoms with Crippen molar-refractivity contribution in [1.82, 2.24) is 19.9 Å². The normalized spacial score (nSPS) is 12.7. The second-order valence-electron chi connectivity index (χ2n) is 10.2. The number of carbonyl (C=O) groups is 1. The zero-order valence-electron chi connectivity index (χ0n) is 24.1. The lowest BCUT2D eigenvalue weighted by atomic mass is 10.1. The molecule has 2 aromatic carbocycles. The summed E-state index contributed by atoms with van der Waals surface area (Å²) in [4.78, 5) is 29.7. The molecule has 1 N–H and O–H groups in total. The van der Waals surface area contributed by atoms with Gasteiger partial charge in [-0.15, -0.1) is 11.3 Å². The van der Waals surface area contributed by atoms with Crippen LogP contribution in [0, 0.1) is 11.7 Å². The van der Waals surface area contributed by atoms with Gasteiger partial charge in [0.25, 0.3) is 0 Å². The van der Waals surface area contributed by atoms with Crippen LogP contribution in [0.15, 0.2) is 48.9 Å². The predicted octanol–water partition coefficient (Wildman–Crippen LogP) is 7.54. The number of anilines is 1. The number of thiazole rings is 1. The number of hydrogen-bond donors (Lipinski definition) is 1. The van der Waals surface area contributed by atoms with Crippen molar-refractivity contribution in [3.63, 3.8) is 0 Å². The van der Waals surface area contributed by atoms with Crippen molar-refractivity contribution in [2.24, 2.45) is 5.92 Å². The molecule has 224 valence electrons. The molecule has 3 aromatic heterocycles. The quantitative estimate of drug-likeness (QED) is 0.168. The second-order valence-corrected chi connectivity index (χ2v) is 11.7. The van der Waals surface area contributed by atoms with Crippen molar-refractivity contribution < 1.29 is 28.1 Å². The molecule has 0 saturated heterocycles. The van der Waals surface area contributed by atoms with Crippen LogP contribution in [0.5, 0.6) is 17.5 Å². The zero-order chi connectivity index (χ0) is 30.7. The highest BCUT2D eigenvalue weighted by molar-refractivity contribution is 7.21. The van der Waals surface area contributed by atoms with Gasteiger partial charge in [0.05, 0.1) is 53.7 Å². The minimum Gasteiger partial charge on any atom is -0.495 e. The van der Waals surface area contributed by atoms with Gasteiger partial charge in [0.2, 0.25) is 0 Å². The highest BCUT2D eigenvalue weighted by Gasteiger charge is 2.22. The van der Waals surface area contributed by atoms with Crippen LogP contribution in [0.4, 0.5) is 14.9 Å². The highest BCUT2D eigenvalue weighted by atomic mass is 35.5. The van der Waals surface area contributed by atoms with Crippen LogP contribution in [0.25, 0.3) is 31.7 Å². The Labute approximate surface area is 256 Å². The molecule has 0 bridgehead atoms. The maximum absolute atomic E-state index is 15.1. The van der Waals surface area contributed by atoms with E-state index in [0.29, 0.717) is 49.7 Å². The van der Waals surface area contributed by atoms with Gasteiger partial charge >= 0.3 is 12.1 Å². The third kappa shape index (κ3) is 7.20. The Hall–Kier alpha value is -4.29. The molecule has 0 fully saturated rings. The van der Waals surface area contributed by atoms with E-state index in [1.54, 1.807) is 45.4 Å². The third-order valence-corrected chi connectivity index (χ3v) is 7.59. The number of nitrogens with one attached hydrogen (secondary N) is 1. The van der Waals surface area contributed by atoms with Crippen LogP contribution in [0.2, 0.25) is 5.02 Å². The predicted molar refractivity (Wildman–Crippen MR) is 164 cm³/mol. The van der Waals surface area contributed by atoms with Crippen molar-refractivity contribution in [2.75, 3.05) is 19.0 Å². The fourth-order valence-corrected chi connectivity index (χ4v) is 5.23. The van der Waals surface area contributed by atoms with Crippen molar-refractivity contribution in [1.29, 1.82) is 0 Å². The zero-order valence-corrected chi connectivity index (χ0v) is 25.6. The molecular formula is C30H29ClFN5O5S. The summed E-state index contributed by atoms with van der Waals surface area (Å²) in [7, 11) is 1.57. The molecule has 5 rings (SSSR count). The maximum Gasteiger partial charge on any atom is 0.412 e. The molecule has 3 heterocycles. The standard InChI is InChI=1S/C30H29ClFN5O5S/c1-15(2)14-40-29-34-11-20(12-35-29)36-30(38)42-17(4)16(3)41-25-10-26-24(9-23(25)32)37-28(43-26)22-8-19(31)6-18-7-21(39-5)13-33-27(18)22/h6-13,15-17H,14H2,1-5H3,(H,36,38)/t16-,17+/m0/s1. The Morgan fingerprint density at radius 1 is 1.02 bits per heavy atom. The SMILES string of the molecule is COc1cnc2c(-c3nc4cc(F)c(O[C@@H](C)[C@@H](C)OC(=O)Nc5cnc(OCC(C)C)nc5)cc4s3)cc(Cl)cc2c1. The Morgan fingerprint density at radius 2 is 1.79 bits per heavy atom. The van der Waals surface area contributed by atoms with Crippen LogP contribution in [0.1, 0.15) is 27.7 Å². The second kappa shape index (κ2) is 12.9. The average molecular weight is 626 g/mol. The first-order valence-corrected chi connectivity index (χ1v) is 14.6. The number of benzene rings is 2. The lowest BCUT2D eigenvalue weighted by Crippen LogP contribution is -2.32. The first kappa shape index (κ1) is 30.2. The smallest absolute Gasteiger partial charge is 0.412 e. The Balaban J connectivity index is 1.26. The first-order valence-electron chi connectivity index (χ1n) is 13.4. The van der Waals surface area contributed by atoms with Crippen molar-refractivity contribution in [3.8, 4) is 28.1 Å². The summed E-state index contributed by atoms with van der Waals surface area (Å²) in [6, 6.07) is 8.53. The Morgan fingerprint density at radius 3 is 2.51 bits per heavy atom. The molecule has 5 aromatic rings. The Bertz CT molecular complexity index is 1770. The van der Waals surface area contributed by atoms with E-state index >= 15 is 4.39 Å². The van der Waals surface area contributed by atoms with Gasteiger partial charge in [0, 0.05) is 28.1 Å². The van der Waals surface area contributed by atoms with E-state index in [9.17, 15) is 4.79 Å². The third-order valence-electron chi connectivity index (χ3n) is 6.32. The van der Waals surface area contributed by atoms with E-state index in [1.165, 1.54) is 29.8 Å². The fraction of sp³-hybridized carbons (Fsp3) is 0.300. The van der Waals surface area contributed by atoms with Gasteiger partial charge in [-0.25, -0.2) is 24.1 Å². The van der Waals surface area contributed by atoms with Crippen LogP contribution in [0.3, 0.4) is 0 Å². The van der Waals surface area contributed by atoms with E-state index in [1.807, 2.05) is 19.9 Å². The molecule has 0 aliphatic rings. The van der Waals surface area contributed by atoms with Gasteiger partial charge in [-0.05, 0) is 38.0 Å². The van der Waals surface area contributed by atoms with Gasteiger partial charge in [0.15, 0.2) is 11.6 Å². The summed E-state index contributed by atoms with van der Waals surface area (Å²) in [5.41, 5.74) is 2.22. The van der Waals surface area contributed by atoms with Crippen molar-refractivity contribution in [3.05, 3.63) is 59.8 Å². The number of aromatic nitrogens is 4. The van der Waals surface area contributed by atoms with Gasteiger partial charge in [-0.3, -0.25) is 10.3 Å². The van der Waals surface area contributed by atoms with E-state index < -0.39 is 24.1 Å². The molecule has 13 heteroatoms. The number of nitrogens with zero attached hydrogens (tertiary/aromatic N) is 4. The molecule has 0 aliphatic heterocycles. The molecule has 43 heavy (non-hydrogen) atoms. The van der Waals surface area contributed by atoms with E-state index in [-0.39, 0.29) is 11.8 Å². The monoisotopic (exact) mass is 625 g/mol. The fourth-order valence-electron chi connectivity index (χ4n) is 4.01. The molecule has 0 spiro atoms. The number of pyridine rings is 1. The van der Waals surface area contributed by atoms with Crippen molar-refractivity contribution in [2.45, 2.75) is 39.9 Å². The average Bonchev–Trinajstić information content (AvgIpc) is 3.38. The summed E-state index contributed by atoms with van der Waals surface area (Å²) in [5.74, 6) is 0.349.